The zero-order valence-electron chi connectivity index (χ0n) is 24.5. The molecular formula is C34H37N9. The monoisotopic (exact) mass is 571 g/mol. The summed E-state index contributed by atoms with van der Waals surface area (Å²) in [6.07, 6.45) is 11.9. The van der Waals surface area contributed by atoms with Crippen LogP contribution in [0.5, 0.6) is 0 Å². The van der Waals surface area contributed by atoms with Gasteiger partial charge in [-0.05, 0) is 130 Å². The summed E-state index contributed by atoms with van der Waals surface area (Å²) in [6.45, 7) is 2.52. The van der Waals surface area contributed by atoms with Gasteiger partial charge < -0.3 is 16.0 Å². The number of fused-ring (bicyclic) bond motifs is 3. The first-order chi connectivity index (χ1) is 21.1. The largest absolute Gasteiger partial charge is 0.368 e. The van der Waals surface area contributed by atoms with Crippen molar-refractivity contribution < 1.29 is 0 Å². The Balaban J connectivity index is 1.09. The van der Waals surface area contributed by atoms with Gasteiger partial charge in [-0.25, -0.2) is 0 Å². The zero-order chi connectivity index (χ0) is 28.9. The van der Waals surface area contributed by atoms with Crippen LogP contribution in [0, 0.1) is 11.3 Å². The molecule has 1 saturated carbocycles. The fourth-order valence-electron chi connectivity index (χ4n) is 8.15. The number of likely N-dealkylation sites (tertiary alicyclic amines) is 1. The van der Waals surface area contributed by atoms with Crippen LogP contribution in [0.3, 0.4) is 0 Å². The van der Waals surface area contributed by atoms with Gasteiger partial charge in [-0.3, -0.25) is 0 Å². The maximum Gasteiger partial charge on any atom is 0.248 e. The molecule has 1 unspecified atom stereocenters. The number of nitrogens with two attached hydrogens (primary N) is 1. The third kappa shape index (κ3) is 4.74. The van der Waals surface area contributed by atoms with Gasteiger partial charge in [-0.2, -0.15) is 14.9 Å². The minimum absolute atomic E-state index is 0.294. The van der Waals surface area contributed by atoms with Crippen molar-refractivity contribution >= 4 is 17.6 Å². The maximum atomic E-state index is 9.48. The first-order valence-electron chi connectivity index (χ1n) is 15.9. The second-order valence-electron chi connectivity index (χ2n) is 12.7. The summed E-state index contributed by atoms with van der Waals surface area (Å²) in [6, 6.07) is 17.3. The number of rotatable bonds is 5. The minimum atomic E-state index is 0.294. The van der Waals surface area contributed by atoms with Crippen LogP contribution in [0.4, 0.5) is 17.6 Å². The average Bonchev–Trinajstić information content (AvgIpc) is 3.66. The number of hydrogen-bond donors (Lipinski definition) is 2. The predicted molar refractivity (Wildman–Crippen MR) is 166 cm³/mol. The molecule has 9 rings (SSSR count). The van der Waals surface area contributed by atoms with E-state index in [4.69, 9.17) is 21.0 Å². The van der Waals surface area contributed by atoms with Gasteiger partial charge >= 0.3 is 0 Å². The summed E-state index contributed by atoms with van der Waals surface area (Å²) < 4.78 is 1.66. The highest BCUT2D eigenvalue weighted by Gasteiger charge is 2.39. The van der Waals surface area contributed by atoms with E-state index in [1.165, 1.54) is 61.0 Å². The summed E-state index contributed by atoms with van der Waals surface area (Å²) in [5.74, 6) is 2.24. The van der Waals surface area contributed by atoms with Gasteiger partial charge in [0.1, 0.15) is 0 Å². The molecule has 218 valence electrons. The molecular weight excluding hydrogens is 534 g/mol. The molecule has 4 aliphatic carbocycles. The molecule has 2 bridgehead atoms. The molecule has 9 heteroatoms. The normalized spacial score (nSPS) is 22.9. The van der Waals surface area contributed by atoms with Gasteiger partial charge in [-0.15, -0.1) is 15.3 Å². The molecule has 1 saturated heterocycles. The Kier molecular flexibility index (Phi) is 6.60. The van der Waals surface area contributed by atoms with Gasteiger partial charge in [0.2, 0.25) is 11.9 Å². The number of anilines is 3. The molecule has 1 atom stereocenters. The van der Waals surface area contributed by atoms with E-state index in [9.17, 15) is 5.26 Å². The van der Waals surface area contributed by atoms with Crippen molar-refractivity contribution in [3.63, 3.8) is 0 Å². The highest BCUT2D eigenvalue weighted by Crippen LogP contribution is 2.53. The molecule has 43 heavy (non-hydrogen) atoms. The summed E-state index contributed by atoms with van der Waals surface area (Å²) in [5.41, 5.74) is 15.2. The third-order valence-electron chi connectivity index (χ3n) is 10.3. The first kappa shape index (κ1) is 26.3. The number of nitrogen functional groups attached to an aromatic ring is 1. The molecule has 2 aromatic carbocycles. The topological polar surface area (TPSA) is 122 Å². The zero-order valence-corrected chi connectivity index (χ0v) is 24.5. The number of aryl methyl sites for hydroxylation is 2. The maximum absolute atomic E-state index is 9.48. The van der Waals surface area contributed by atoms with E-state index in [0.717, 1.165) is 55.5 Å². The molecule has 4 aromatic rings. The third-order valence-corrected chi connectivity index (χ3v) is 10.3. The summed E-state index contributed by atoms with van der Waals surface area (Å²) >= 11 is 0. The van der Waals surface area contributed by atoms with E-state index in [1.807, 2.05) is 24.3 Å². The van der Waals surface area contributed by atoms with Gasteiger partial charge in [-0.1, -0.05) is 18.2 Å². The second-order valence-corrected chi connectivity index (χ2v) is 12.7. The lowest BCUT2D eigenvalue weighted by molar-refractivity contribution is 0.222. The van der Waals surface area contributed by atoms with Gasteiger partial charge in [0, 0.05) is 22.9 Å². The molecule has 0 amide bonds. The summed E-state index contributed by atoms with van der Waals surface area (Å²) in [7, 11) is 0. The Morgan fingerprint density at radius 1 is 0.860 bits per heavy atom. The standard InChI is InChI=1S/C34H37N9/c35-20-21-4-3-5-26(18-21)31-29-23-6-8-24(9-7-23)30(29)32(40-39-31)43-33(36)38-34(41-43)37-27-13-10-22-11-14-28(15-12-25(22)19-27)42-16-1-2-17-42/h3-5,10,13,18-19,23-24,28H,1-2,6-9,11-12,14-17H2,(H3,36,37,38,41). The van der Waals surface area contributed by atoms with Crippen molar-refractivity contribution in [3.05, 3.63) is 70.3 Å². The molecule has 2 fully saturated rings. The SMILES string of the molecule is N#Cc1cccc(-c2nnc(-n3nc(Nc4ccc5c(c4)CCC(N4CCCC4)CC5)nc3N)c3c2C2CCC3CC2)c1. The number of nitriles is 1. The lowest BCUT2D eigenvalue weighted by Crippen LogP contribution is -2.32. The first-order valence-corrected chi connectivity index (χ1v) is 15.9. The molecule has 2 aromatic heterocycles. The molecule has 0 radical (unpaired) electrons. The van der Waals surface area contributed by atoms with Crippen LogP contribution >= 0.6 is 0 Å². The highest BCUT2D eigenvalue weighted by molar-refractivity contribution is 5.70. The van der Waals surface area contributed by atoms with E-state index in [2.05, 4.69) is 39.5 Å². The van der Waals surface area contributed by atoms with Crippen LogP contribution in [-0.4, -0.2) is 49.0 Å². The Labute approximate surface area is 252 Å². The molecule has 3 heterocycles. The molecule has 1 aliphatic heterocycles. The molecule has 9 nitrogen and oxygen atoms in total. The fourth-order valence-corrected chi connectivity index (χ4v) is 8.15. The van der Waals surface area contributed by atoms with Crippen molar-refractivity contribution in [2.45, 2.75) is 82.1 Å². The van der Waals surface area contributed by atoms with Crippen molar-refractivity contribution in [2.24, 2.45) is 0 Å². The number of benzene rings is 2. The summed E-state index contributed by atoms with van der Waals surface area (Å²) in [4.78, 5) is 7.30. The Bertz CT molecular complexity index is 1720. The predicted octanol–water partition coefficient (Wildman–Crippen LogP) is 6.02. The smallest absolute Gasteiger partial charge is 0.248 e. The summed E-state index contributed by atoms with van der Waals surface area (Å²) in [5, 5.41) is 27.2. The van der Waals surface area contributed by atoms with E-state index >= 15 is 0 Å². The van der Waals surface area contributed by atoms with Gasteiger partial charge in [0.15, 0.2) is 5.82 Å². The van der Waals surface area contributed by atoms with Crippen LogP contribution in [0.15, 0.2) is 42.5 Å². The quantitative estimate of drug-likeness (QED) is 0.279. The molecule has 0 spiro atoms. The van der Waals surface area contributed by atoms with Crippen LogP contribution in [0.25, 0.3) is 17.1 Å². The number of nitrogens with zero attached hydrogens (tertiary/aromatic N) is 7. The molecule has 3 N–H and O–H groups in total. The van der Waals surface area contributed by atoms with E-state index in [0.29, 0.717) is 41.2 Å². The van der Waals surface area contributed by atoms with Crippen molar-refractivity contribution in [2.75, 3.05) is 24.1 Å². The van der Waals surface area contributed by atoms with Gasteiger partial charge in [0.05, 0.1) is 17.3 Å². The Morgan fingerprint density at radius 3 is 2.42 bits per heavy atom. The van der Waals surface area contributed by atoms with Crippen molar-refractivity contribution in [1.29, 1.82) is 5.26 Å². The average molecular weight is 572 g/mol. The minimum Gasteiger partial charge on any atom is -0.368 e. The number of nitrogens with one attached hydrogen (secondary N) is 1. The molecule has 5 aliphatic rings. The Hall–Kier alpha value is -4.29. The second kappa shape index (κ2) is 10.8. The van der Waals surface area contributed by atoms with Crippen LogP contribution in [-0.2, 0) is 12.8 Å². The van der Waals surface area contributed by atoms with E-state index < -0.39 is 0 Å². The van der Waals surface area contributed by atoms with Crippen LogP contribution in [0.2, 0.25) is 0 Å². The number of hydrogen-bond acceptors (Lipinski definition) is 8. The van der Waals surface area contributed by atoms with Crippen LogP contribution in [0.1, 0.15) is 91.0 Å². The van der Waals surface area contributed by atoms with E-state index in [1.54, 1.807) is 4.68 Å². The number of aromatic nitrogens is 5. The van der Waals surface area contributed by atoms with E-state index in [-0.39, 0.29) is 0 Å². The highest BCUT2D eigenvalue weighted by atomic mass is 15.5. The lowest BCUT2D eigenvalue weighted by Gasteiger charge is -2.39. The van der Waals surface area contributed by atoms with Gasteiger partial charge in [0.25, 0.3) is 0 Å². The van der Waals surface area contributed by atoms with Crippen molar-refractivity contribution in [3.8, 4) is 23.1 Å². The Morgan fingerprint density at radius 2 is 1.63 bits per heavy atom. The fraction of sp³-hybridized carbons (Fsp3) is 0.441. The van der Waals surface area contributed by atoms with Crippen molar-refractivity contribution in [1.82, 2.24) is 29.9 Å². The lowest BCUT2D eigenvalue weighted by atomic mass is 9.66. The van der Waals surface area contributed by atoms with Crippen LogP contribution < -0.4 is 11.1 Å².